The summed E-state index contributed by atoms with van der Waals surface area (Å²) in [7, 11) is 0. The molecule has 1 fully saturated rings. The maximum atomic E-state index is 11.3. The van der Waals surface area contributed by atoms with E-state index in [-0.39, 0.29) is 12.0 Å². The summed E-state index contributed by atoms with van der Waals surface area (Å²) in [5, 5.41) is 3.17. The first-order valence-electron chi connectivity index (χ1n) is 4.69. The lowest BCUT2D eigenvalue weighted by Gasteiger charge is -2.15. The zero-order valence-electron chi connectivity index (χ0n) is 7.80. The van der Waals surface area contributed by atoms with Crippen LogP contribution in [0.15, 0.2) is 0 Å². The molecule has 1 aliphatic heterocycles. The van der Waals surface area contributed by atoms with Crippen LogP contribution in [0.25, 0.3) is 0 Å². The lowest BCUT2D eigenvalue weighted by molar-refractivity contribution is -0.146. The summed E-state index contributed by atoms with van der Waals surface area (Å²) in [6, 6.07) is -0.0463. The Morgan fingerprint density at radius 2 is 2.33 bits per heavy atom. The van der Waals surface area contributed by atoms with Gasteiger partial charge in [0, 0.05) is 0 Å². The fraction of sp³-hybridized carbons (Fsp3) is 0.889. The Balaban J connectivity index is 2.43. The second kappa shape index (κ2) is 4.45. The maximum absolute atomic E-state index is 11.3. The Morgan fingerprint density at radius 1 is 1.58 bits per heavy atom. The van der Waals surface area contributed by atoms with Crippen molar-refractivity contribution < 1.29 is 9.53 Å². The summed E-state index contributed by atoms with van der Waals surface area (Å²) < 4.78 is 4.96. The molecule has 0 spiro atoms. The van der Waals surface area contributed by atoms with E-state index >= 15 is 0 Å². The molecule has 0 aliphatic carbocycles. The highest BCUT2D eigenvalue weighted by atomic mass is 16.5. The van der Waals surface area contributed by atoms with Crippen LogP contribution in [0.2, 0.25) is 0 Å². The van der Waals surface area contributed by atoms with Gasteiger partial charge in [-0.1, -0.05) is 13.3 Å². The third kappa shape index (κ3) is 1.97. The molecule has 3 nitrogen and oxygen atoms in total. The highest BCUT2D eigenvalue weighted by Crippen LogP contribution is 2.19. The molecule has 1 heterocycles. The van der Waals surface area contributed by atoms with Crippen molar-refractivity contribution in [3.63, 3.8) is 0 Å². The molecule has 3 heteroatoms. The molecule has 1 rings (SSSR count). The highest BCUT2D eigenvalue weighted by Gasteiger charge is 2.32. The van der Waals surface area contributed by atoms with Crippen molar-refractivity contribution in [3.05, 3.63) is 0 Å². The summed E-state index contributed by atoms with van der Waals surface area (Å²) in [5.74, 6) is 0.394. The fourth-order valence-electron chi connectivity index (χ4n) is 1.71. The van der Waals surface area contributed by atoms with Crippen molar-refractivity contribution in [2.45, 2.75) is 32.7 Å². The normalized spacial score (nSPS) is 28.8. The number of rotatable bonds is 3. The Morgan fingerprint density at radius 3 is 2.92 bits per heavy atom. The standard InChI is InChI=1S/C9H17NO2/c1-3-7-5-6-10-8(7)9(11)12-4-2/h7-8,10H,3-6H2,1-2H3/t7-,8-/m1/s1. The van der Waals surface area contributed by atoms with Gasteiger partial charge in [0.15, 0.2) is 0 Å². The first-order chi connectivity index (χ1) is 5.79. The molecule has 12 heavy (non-hydrogen) atoms. The minimum atomic E-state index is -0.0816. The smallest absolute Gasteiger partial charge is 0.323 e. The minimum Gasteiger partial charge on any atom is -0.465 e. The van der Waals surface area contributed by atoms with Gasteiger partial charge in [0.25, 0.3) is 0 Å². The molecule has 2 atom stereocenters. The molecule has 0 bridgehead atoms. The lowest BCUT2D eigenvalue weighted by Crippen LogP contribution is -2.36. The van der Waals surface area contributed by atoms with Gasteiger partial charge in [0.2, 0.25) is 0 Å². The van der Waals surface area contributed by atoms with Crippen LogP contribution in [-0.2, 0) is 9.53 Å². The third-order valence-electron chi connectivity index (χ3n) is 2.42. The van der Waals surface area contributed by atoms with E-state index in [4.69, 9.17) is 4.74 Å². The summed E-state index contributed by atoms with van der Waals surface area (Å²) in [4.78, 5) is 11.3. The summed E-state index contributed by atoms with van der Waals surface area (Å²) in [6.07, 6.45) is 2.15. The van der Waals surface area contributed by atoms with Crippen molar-refractivity contribution >= 4 is 5.97 Å². The van der Waals surface area contributed by atoms with Gasteiger partial charge in [-0.15, -0.1) is 0 Å². The van der Waals surface area contributed by atoms with Gasteiger partial charge in [-0.3, -0.25) is 4.79 Å². The number of ether oxygens (including phenoxy) is 1. The van der Waals surface area contributed by atoms with Gasteiger partial charge in [-0.2, -0.15) is 0 Å². The molecular formula is C9H17NO2. The average Bonchev–Trinajstić information content (AvgIpc) is 2.51. The second-order valence-electron chi connectivity index (χ2n) is 3.14. The maximum Gasteiger partial charge on any atom is 0.323 e. The Labute approximate surface area is 73.5 Å². The van der Waals surface area contributed by atoms with Crippen LogP contribution in [0.1, 0.15) is 26.7 Å². The van der Waals surface area contributed by atoms with Gasteiger partial charge >= 0.3 is 5.97 Å². The van der Waals surface area contributed by atoms with E-state index in [0.717, 1.165) is 19.4 Å². The summed E-state index contributed by atoms with van der Waals surface area (Å²) >= 11 is 0. The van der Waals surface area contributed by atoms with E-state index in [1.165, 1.54) is 0 Å². The number of carbonyl (C=O) groups is 1. The summed E-state index contributed by atoms with van der Waals surface area (Å²) in [6.45, 7) is 5.38. The fourth-order valence-corrected chi connectivity index (χ4v) is 1.71. The molecular weight excluding hydrogens is 154 g/mol. The average molecular weight is 171 g/mol. The second-order valence-corrected chi connectivity index (χ2v) is 3.14. The van der Waals surface area contributed by atoms with E-state index in [1.807, 2.05) is 6.92 Å². The Hall–Kier alpha value is -0.570. The molecule has 0 unspecified atom stereocenters. The van der Waals surface area contributed by atoms with Gasteiger partial charge in [-0.05, 0) is 25.8 Å². The zero-order chi connectivity index (χ0) is 8.97. The van der Waals surface area contributed by atoms with Gasteiger partial charge in [0.05, 0.1) is 6.61 Å². The van der Waals surface area contributed by atoms with E-state index < -0.39 is 0 Å². The van der Waals surface area contributed by atoms with Gasteiger partial charge < -0.3 is 10.1 Å². The monoisotopic (exact) mass is 171 g/mol. The summed E-state index contributed by atoms with van der Waals surface area (Å²) in [5.41, 5.74) is 0. The largest absolute Gasteiger partial charge is 0.465 e. The van der Waals surface area contributed by atoms with Gasteiger partial charge in [-0.25, -0.2) is 0 Å². The quantitative estimate of drug-likeness (QED) is 0.642. The number of hydrogen-bond donors (Lipinski definition) is 1. The molecule has 0 radical (unpaired) electrons. The van der Waals surface area contributed by atoms with E-state index in [2.05, 4.69) is 12.2 Å². The molecule has 0 aromatic rings. The van der Waals surface area contributed by atoms with Crippen LogP contribution >= 0.6 is 0 Å². The van der Waals surface area contributed by atoms with E-state index in [1.54, 1.807) is 0 Å². The first kappa shape index (κ1) is 9.52. The number of nitrogens with one attached hydrogen (secondary N) is 1. The number of carbonyl (C=O) groups excluding carboxylic acids is 1. The van der Waals surface area contributed by atoms with Crippen LogP contribution in [0, 0.1) is 5.92 Å². The molecule has 70 valence electrons. The van der Waals surface area contributed by atoms with Gasteiger partial charge in [0.1, 0.15) is 6.04 Å². The molecule has 0 saturated carbocycles. The van der Waals surface area contributed by atoms with Crippen molar-refractivity contribution in [1.82, 2.24) is 5.32 Å². The van der Waals surface area contributed by atoms with E-state index in [0.29, 0.717) is 12.5 Å². The predicted octanol–water partition coefficient (Wildman–Crippen LogP) is 0.938. The minimum absolute atomic E-state index is 0.0463. The SMILES string of the molecule is CCOC(=O)[C@@H]1NCC[C@H]1CC. The van der Waals surface area contributed by atoms with Crippen molar-refractivity contribution in [1.29, 1.82) is 0 Å². The zero-order valence-corrected chi connectivity index (χ0v) is 7.80. The third-order valence-corrected chi connectivity index (χ3v) is 2.42. The van der Waals surface area contributed by atoms with Crippen LogP contribution in [0.4, 0.5) is 0 Å². The van der Waals surface area contributed by atoms with Crippen molar-refractivity contribution in [2.24, 2.45) is 5.92 Å². The topological polar surface area (TPSA) is 38.3 Å². The highest BCUT2D eigenvalue weighted by molar-refractivity contribution is 5.76. The van der Waals surface area contributed by atoms with Crippen LogP contribution in [0.5, 0.6) is 0 Å². The Bertz CT molecular complexity index is 159. The Kier molecular flexibility index (Phi) is 3.53. The molecule has 1 N–H and O–H groups in total. The van der Waals surface area contributed by atoms with Crippen LogP contribution < -0.4 is 5.32 Å². The molecule has 0 aromatic carbocycles. The predicted molar refractivity (Wildman–Crippen MR) is 46.8 cm³/mol. The molecule has 1 aliphatic rings. The molecule has 0 amide bonds. The van der Waals surface area contributed by atoms with Crippen molar-refractivity contribution in [3.8, 4) is 0 Å². The lowest BCUT2D eigenvalue weighted by atomic mass is 9.98. The first-order valence-corrected chi connectivity index (χ1v) is 4.69. The van der Waals surface area contributed by atoms with Crippen LogP contribution in [-0.4, -0.2) is 25.2 Å². The number of esters is 1. The molecule has 1 saturated heterocycles. The van der Waals surface area contributed by atoms with Crippen LogP contribution in [0.3, 0.4) is 0 Å². The van der Waals surface area contributed by atoms with Crippen molar-refractivity contribution in [2.75, 3.05) is 13.2 Å². The number of hydrogen-bond acceptors (Lipinski definition) is 3. The molecule has 0 aromatic heterocycles. The van der Waals surface area contributed by atoms with E-state index in [9.17, 15) is 4.79 Å².